The van der Waals surface area contributed by atoms with Gasteiger partial charge in [0.25, 0.3) is 11.6 Å². The summed E-state index contributed by atoms with van der Waals surface area (Å²) in [7, 11) is 1.38. The van der Waals surface area contributed by atoms with Gasteiger partial charge in [-0.2, -0.15) is 0 Å². The molecule has 0 spiro atoms. The third-order valence-corrected chi connectivity index (χ3v) is 4.97. The standard InChI is InChI=1S/C20H19N3O5S/c1-3-28-18-9-15(16(23(25)26)10-17(18)27-2)19(24)21-11-14-12-29-20(22-14)13-7-5-4-6-8-13/h4-10,12H,3,11H2,1-2H3,(H,21,24). The van der Waals surface area contributed by atoms with Crippen LogP contribution in [0.1, 0.15) is 23.0 Å². The van der Waals surface area contributed by atoms with E-state index in [0.717, 1.165) is 10.6 Å². The number of aromatic nitrogens is 1. The Labute approximate surface area is 171 Å². The van der Waals surface area contributed by atoms with Gasteiger partial charge in [-0.05, 0) is 6.92 Å². The van der Waals surface area contributed by atoms with Crippen LogP contribution < -0.4 is 14.8 Å². The van der Waals surface area contributed by atoms with Crippen LogP contribution in [-0.2, 0) is 6.54 Å². The molecule has 0 radical (unpaired) electrons. The van der Waals surface area contributed by atoms with Gasteiger partial charge in [0.1, 0.15) is 10.6 Å². The lowest BCUT2D eigenvalue weighted by Crippen LogP contribution is -2.24. The largest absolute Gasteiger partial charge is 0.493 e. The molecule has 1 aromatic heterocycles. The highest BCUT2D eigenvalue weighted by Crippen LogP contribution is 2.34. The van der Waals surface area contributed by atoms with Crippen molar-refractivity contribution in [3.63, 3.8) is 0 Å². The summed E-state index contributed by atoms with van der Waals surface area (Å²) in [6.07, 6.45) is 0. The number of carbonyl (C=O) groups is 1. The predicted octanol–water partition coefficient (Wildman–Crippen LogP) is 4.06. The van der Waals surface area contributed by atoms with Gasteiger partial charge >= 0.3 is 0 Å². The molecular formula is C20H19N3O5S. The SMILES string of the molecule is CCOc1cc(C(=O)NCc2csc(-c3ccccc3)n2)c([N+](=O)[O-])cc1OC. The summed E-state index contributed by atoms with van der Waals surface area (Å²) in [5.41, 5.74) is 1.20. The number of nitrogens with zero attached hydrogens (tertiary/aromatic N) is 2. The molecule has 0 unspecified atom stereocenters. The van der Waals surface area contributed by atoms with Crippen LogP contribution in [-0.4, -0.2) is 29.5 Å². The second-order valence-corrected chi connectivity index (χ2v) is 6.76. The van der Waals surface area contributed by atoms with E-state index in [4.69, 9.17) is 9.47 Å². The molecule has 0 saturated heterocycles. The van der Waals surface area contributed by atoms with E-state index in [2.05, 4.69) is 10.3 Å². The number of carbonyl (C=O) groups excluding carboxylic acids is 1. The summed E-state index contributed by atoms with van der Waals surface area (Å²) in [6.45, 7) is 2.25. The number of rotatable bonds is 8. The number of amides is 1. The second-order valence-electron chi connectivity index (χ2n) is 5.90. The van der Waals surface area contributed by atoms with Crippen molar-refractivity contribution in [3.8, 4) is 22.1 Å². The Hall–Kier alpha value is -3.46. The summed E-state index contributed by atoms with van der Waals surface area (Å²) in [5, 5.41) is 16.8. The molecule has 1 amide bonds. The molecule has 9 heteroatoms. The number of hydrogen-bond acceptors (Lipinski definition) is 7. The zero-order chi connectivity index (χ0) is 20.8. The van der Waals surface area contributed by atoms with Gasteiger partial charge in [-0.15, -0.1) is 11.3 Å². The lowest BCUT2D eigenvalue weighted by atomic mass is 10.1. The summed E-state index contributed by atoms with van der Waals surface area (Å²) in [6, 6.07) is 12.2. The number of nitro groups is 1. The summed E-state index contributed by atoms with van der Waals surface area (Å²) < 4.78 is 10.6. The normalized spacial score (nSPS) is 10.4. The summed E-state index contributed by atoms with van der Waals surface area (Å²) in [4.78, 5) is 27.9. The van der Waals surface area contributed by atoms with E-state index in [-0.39, 0.29) is 29.3 Å². The van der Waals surface area contributed by atoms with E-state index >= 15 is 0 Å². The molecule has 0 aliphatic rings. The van der Waals surface area contributed by atoms with Gasteiger partial charge < -0.3 is 14.8 Å². The van der Waals surface area contributed by atoms with Crippen LogP contribution in [0.2, 0.25) is 0 Å². The molecule has 150 valence electrons. The maximum absolute atomic E-state index is 12.6. The van der Waals surface area contributed by atoms with Gasteiger partial charge in [-0.1, -0.05) is 30.3 Å². The van der Waals surface area contributed by atoms with Crippen molar-refractivity contribution < 1.29 is 19.2 Å². The Bertz CT molecular complexity index is 1020. The first-order valence-electron chi connectivity index (χ1n) is 8.80. The highest BCUT2D eigenvalue weighted by Gasteiger charge is 2.24. The zero-order valence-electron chi connectivity index (χ0n) is 15.9. The van der Waals surface area contributed by atoms with Crippen molar-refractivity contribution >= 4 is 22.9 Å². The number of benzene rings is 2. The number of nitrogens with one attached hydrogen (secondary N) is 1. The van der Waals surface area contributed by atoms with Crippen LogP contribution in [0.15, 0.2) is 47.8 Å². The van der Waals surface area contributed by atoms with Crippen molar-refractivity contribution in [1.82, 2.24) is 10.3 Å². The molecule has 29 heavy (non-hydrogen) atoms. The predicted molar refractivity (Wildman–Crippen MR) is 110 cm³/mol. The maximum atomic E-state index is 12.6. The average molecular weight is 413 g/mol. The van der Waals surface area contributed by atoms with Gasteiger partial charge in [0.15, 0.2) is 11.5 Å². The van der Waals surface area contributed by atoms with Crippen molar-refractivity contribution in [2.75, 3.05) is 13.7 Å². The number of nitro benzene ring substituents is 1. The van der Waals surface area contributed by atoms with Gasteiger partial charge in [-0.3, -0.25) is 14.9 Å². The monoisotopic (exact) mass is 413 g/mol. The molecule has 0 bridgehead atoms. The molecule has 0 aliphatic carbocycles. The second kappa shape index (κ2) is 9.16. The number of thiazole rings is 1. The highest BCUT2D eigenvalue weighted by molar-refractivity contribution is 7.13. The fourth-order valence-corrected chi connectivity index (χ4v) is 3.50. The Balaban J connectivity index is 1.79. The maximum Gasteiger partial charge on any atom is 0.286 e. The van der Waals surface area contributed by atoms with Crippen LogP contribution in [0.5, 0.6) is 11.5 Å². The highest BCUT2D eigenvalue weighted by atomic mass is 32.1. The third-order valence-electron chi connectivity index (χ3n) is 4.03. The van der Waals surface area contributed by atoms with E-state index in [1.54, 1.807) is 6.92 Å². The molecule has 1 N–H and O–H groups in total. The fourth-order valence-electron chi connectivity index (χ4n) is 2.68. The third kappa shape index (κ3) is 4.69. The lowest BCUT2D eigenvalue weighted by molar-refractivity contribution is -0.385. The van der Waals surface area contributed by atoms with Gasteiger partial charge in [0.2, 0.25) is 0 Å². The van der Waals surface area contributed by atoms with E-state index < -0.39 is 10.8 Å². The van der Waals surface area contributed by atoms with Crippen LogP contribution in [0.3, 0.4) is 0 Å². The molecule has 0 aliphatic heterocycles. The van der Waals surface area contributed by atoms with Crippen LogP contribution in [0.4, 0.5) is 5.69 Å². The first-order chi connectivity index (χ1) is 14.0. The molecule has 1 heterocycles. The number of hydrogen-bond donors (Lipinski definition) is 1. The van der Waals surface area contributed by atoms with Crippen molar-refractivity contribution in [1.29, 1.82) is 0 Å². The Kier molecular flexibility index (Phi) is 6.40. The van der Waals surface area contributed by atoms with Crippen LogP contribution in [0.25, 0.3) is 10.6 Å². The van der Waals surface area contributed by atoms with E-state index in [1.165, 1.54) is 30.6 Å². The molecule has 3 aromatic rings. The zero-order valence-corrected chi connectivity index (χ0v) is 16.7. The van der Waals surface area contributed by atoms with E-state index in [0.29, 0.717) is 12.3 Å². The molecular weight excluding hydrogens is 394 g/mol. The van der Waals surface area contributed by atoms with Gasteiger partial charge in [0.05, 0.1) is 36.9 Å². The minimum atomic E-state index is -0.622. The van der Waals surface area contributed by atoms with E-state index in [1.807, 2.05) is 35.7 Å². The van der Waals surface area contributed by atoms with Gasteiger partial charge in [0, 0.05) is 17.0 Å². The smallest absolute Gasteiger partial charge is 0.286 e. The first kappa shape index (κ1) is 20.3. The Morgan fingerprint density at radius 3 is 2.66 bits per heavy atom. The fraction of sp³-hybridized carbons (Fsp3) is 0.200. The minimum Gasteiger partial charge on any atom is -0.493 e. The van der Waals surface area contributed by atoms with Crippen LogP contribution in [0, 0.1) is 10.1 Å². The summed E-state index contributed by atoms with van der Waals surface area (Å²) in [5.74, 6) is -0.123. The molecule has 0 atom stereocenters. The van der Waals surface area contributed by atoms with Crippen molar-refractivity contribution in [2.45, 2.75) is 13.5 Å². The minimum absolute atomic E-state index is 0.0993. The van der Waals surface area contributed by atoms with Gasteiger partial charge in [-0.25, -0.2) is 4.98 Å². The lowest BCUT2D eigenvalue weighted by Gasteiger charge is -2.11. The summed E-state index contributed by atoms with van der Waals surface area (Å²) >= 11 is 1.46. The van der Waals surface area contributed by atoms with Crippen LogP contribution >= 0.6 is 11.3 Å². The van der Waals surface area contributed by atoms with E-state index in [9.17, 15) is 14.9 Å². The molecule has 8 nitrogen and oxygen atoms in total. The Morgan fingerprint density at radius 1 is 1.24 bits per heavy atom. The number of ether oxygens (including phenoxy) is 2. The molecule has 0 saturated carbocycles. The first-order valence-corrected chi connectivity index (χ1v) is 9.68. The average Bonchev–Trinajstić information content (AvgIpc) is 3.21. The molecule has 2 aromatic carbocycles. The quantitative estimate of drug-likeness (QED) is 0.441. The number of methoxy groups -OCH3 is 1. The Morgan fingerprint density at radius 2 is 2.00 bits per heavy atom. The molecule has 0 fully saturated rings. The molecule has 3 rings (SSSR count). The van der Waals surface area contributed by atoms with Crippen molar-refractivity contribution in [3.05, 3.63) is 69.2 Å². The topological polar surface area (TPSA) is 104 Å². The van der Waals surface area contributed by atoms with Crippen molar-refractivity contribution in [2.24, 2.45) is 0 Å².